The summed E-state index contributed by atoms with van der Waals surface area (Å²) < 4.78 is 26.5. The van der Waals surface area contributed by atoms with Gasteiger partial charge in [0.25, 0.3) is 0 Å². The molecule has 2 aromatic rings. The lowest BCUT2D eigenvalue weighted by Gasteiger charge is -2.06. The SMILES string of the molecule is Fc1ccccc1Nc1nc(Cl)ncc1F. The van der Waals surface area contributed by atoms with Gasteiger partial charge in [-0.3, -0.25) is 0 Å². The minimum absolute atomic E-state index is 0.111. The van der Waals surface area contributed by atoms with Crippen LogP contribution in [-0.2, 0) is 0 Å². The van der Waals surface area contributed by atoms with E-state index in [1.165, 1.54) is 18.2 Å². The van der Waals surface area contributed by atoms with Crippen molar-refractivity contribution in [2.24, 2.45) is 0 Å². The summed E-state index contributed by atoms with van der Waals surface area (Å²) in [4.78, 5) is 7.06. The van der Waals surface area contributed by atoms with E-state index in [9.17, 15) is 8.78 Å². The average Bonchev–Trinajstić information content (AvgIpc) is 2.27. The van der Waals surface area contributed by atoms with Gasteiger partial charge in [0.15, 0.2) is 11.6 Å². The standard InChI is InChI=1S/C10H6ClF2N3/c11-10-14-5-7(13)9(16-10)15-8-4-2-1-3-6(8)12/h1-5H,(H,14,15,16). The lowest BCUT2D eigenvalue weighted by atomic mass is 10.3. The van der Waals surface area contributed by atoms with Crippen LogP contribution >= 0.6 is 11.6 Å². The van der Waals surface area contributed by atoms with E-state index in [1.807, 2.05) is 0 Å². The molecule has 3 nitrogen and oxygen atoms in total. The van der Waals surface area contributed by atoms with Gasteiger partial charge in [0, 0.05) is 0 Å². The van der Waals surface area contributed by atoms with E-state index in [1.54, 1.807) is 6.07 Å². The zero-order valence-corrected chi connectivity index (χ0v) is 8.67. The first-order valence-corrected chi connectivity index (χ1v) is 4.74. The molecule has 82 valence electrons. The fourth-order valence-corrected chi connectivity index (χ4v) is 1.26. The van der Waals surface area contributed by atoms with E-state index in [0.29, 0.717) is 0 Å². The van der Waals surface area contributed by atoms with E-state index in [-0.39, 0.29) is 16.8 Å². The minimum Gasteiger partial charge on any atom is -0.335 e. The summed E-state index contributed by atoms with van der Waals surface area (Å²) in [7, 11) is 0. The number of anilines is 2. The van der Waals surface area contributed by atoms with E-state index in [4.69, 9.17) is 11.6 Å². The number of benzene rings is 1. The topological polar surface area (TPSA) is 37.8 Å². The molecule has 16 heavy (non-hydrogen) atoms. The highest BCUT2D eigenvalue weighted by Gasteiger charge is 2.08. The van der Waals surface area contributed by atoms with Gasteiger partial charge in [-0.25, -0.2) is 13.8 Å². The van der Waals surface area contributed by atoms with Gasteiger partial charge in [0.1, 0.15) is 5.82 Å². The molecule has 1 heterocycles. The van der Waals surface area contributed by atoms with Crippen molar-refractivity contribution in [2.75, 3.05) is 5.32 Å². The summed E-state index contributed by atoms with van der Waals surface area (Å²) >= 11 is 5.50. The van der Waals surface area contributed by atoms with Gasteiger partial charge in [-0.05, 0) is 23.7 Å². The molecule has 1 N–H and O–H groups in total. The van der Waals surface area contributed by atoms with Crippen molar-refractivity contribution >= 4 is 23.1 Å². The highest BCUT2D eigenvalue weighted by molar-refractivity contribution is 6.28. The Kier molecular flexibility index (Phi) is 2.96. The first-order chi connectivity index (χ1) is 7.66. The first-order valence-electron chi connectivity index (χ1n) is 4.36. The number of hydrogen-bond acceptors (Lipinski definition) is 3. The van der Waals surface area contributed by atoms with Gasteiger partial charge in [-0.1, -0.05) is 12.1 Å². The molecule has 6 heteroatoms. The summed E-state index contributed by atoms with van der Waals surface area (Å²) in [5, 5.41) is 2.38. The Bertz CT molecular complexity index is 519. The Hall–Kier alpha value is -1.75. The van der Waals surface area contributed by atoms with Gasteiger partial charge >= 0.3 is 0 Å². The zero-order chi connectivity index (χ0) is 11.5. The maximum atomic E-state index is 13.2. The zero-order valence-electron chi connectivity index (χ0n) is 7.92. The van der Waals surface area contributed by atoms with Gasteiger partial charge in [0.2, 0.25) is 5.28 Å². The van der Waals surface area contributed by atoms with Crippen LogP contribution in [0.4, 0.5) is 20.3 Å². The molecule has 0 amide bonds. The third-order valence-corrected chi connectivity index (χ3v) is 2.02. The largest absolute Gasteiger partial charge is 0.335 e. The van der Waals surface area contributed by atoms with E-state index in [0.717, 1.165) is 6.20 Å². The van der Waals surface area contributed by atoms with Crippen LogP contribution in [0.3, 0.4) is 0 Å². The molecule has 0 radical (unpaired) electrons. The monoisotopic (exact) mass is 241 g/mol. The molecule has 0 aliphatic rings. The van der Waals surface area contributed by atoms with Crippen LogP contribution < -0.4 is 5.32 Å². The molecule has 0 fully saturated rings. The Morgan fingerprint density at radius 1 is 1.12 bits per heavy atom. The van der Waals surface area contributed by atoms with Crippen LogP contribution in [0.5, 0.6) is 0 Å². The van der Waals surface area contributed by atoms with Crippen LogP contribution in [0.2, 0.25) is 5.28 Å². The van der Waals surface area contributed by atoms with E-state index in [2.05, 4.69) is 15.3 Å². The number of para-hydroxylation sites is 1. The second kappa shape index (κ2) is 4.40. The molecule has 0 spiro atoms. The van der Waals surface area contributed by atoms with E-state index >= 15 is 0 Å². The van der Waals surface area contributed by atoms with Crippen molar-refractivity contribution in [3.05, 3.63) is 47.4 Å². The number of nitrogens with one attached hydrogen (secondary N) is 1. The molecule has 1 aromatic carbocycles. The fraction of sp³-hybridized carbons (Fsp3) is 0. The second-order valence-electron chi connectivity index (χ2n) is 2.94. The third-order valence-electron chi connectivity index (χ3n) is 1.84. The molecule has 0 aliphatic carbocycles. The van der Waals surface area contributed by atoms with Crippen molar-refractivity contribution < 1.29 is 8.78 Å². The molecule has 0 saturated heterocycles. The summed E-state index contributed by atoms with van der Waals surface area (Å²) in [6, 6.07) is 5.86. The van der Waals surface area contributed by atoms with Crippen LogP contribution in [0, 0.1) is 11.6 Å². The van der Waals surface area contributed by atoms with Crippen molar-refractivity contribution in [1.29, 1.82) is 0 Å². The lowest BCUT2D eigenvalue weighted by molar-refractivity contribution is 0.615. The molecule has 0 saturated carbocycles. The minimum atomic E-state index is -0.701. The van der Waals surface area contributed by atoms with Crippen LogP contribution in [0.25, 0.3) is 0 Å². The van der Waals surface area contributed by atoms with Gasteiger partial charge < -0.3 is 5.32 Å². The Balaban J connectivity index is 2.34. The molecular weight excluding hydrogens is 236 g/mol. The number of rotatable bonds is 2. The predicted octanol–water partition coefficient (Wildman–Crippen LogP) is 3.15. The molecule has 0 aliphatic heterocycles. The quantitative estimate of drug-likeness (QED) is 0.821. The van der Waals surface area contributed by atoms with Crippen molar-refractivity contribution in [3.8, 4) is 0 Å². The Labute approximate surface area is 95.1 Å². The molecule has 2 rings (SSSR count). The second-order valence-corrected chi connectivity index (χ2v) is 3.28. The summed E-state index contributed by atoms with van der Waals surface area (Å²) in [5.41, 5.74) is 0.121. The van der Waals surface area contributed by atoms with E-state index < -0.39 is 11.6 Å². The van der Waals surface area contributed by atoms with Gasteiger partial charge in [0.05, 0.1) is 11.9 Å². The molecule has 0 atom stereocenters. The van der Waals surface area contributed by atoms with Crippen LogP contribution in [0.15, 0.2) is 30.5 Å². The van der Waals surface area contributed by atoms with Crippen molar-refractivity contribution in [1.82, 2.24) is 9.97 Å². The summed E-state index contributed by atoms with van der Waals surface area (Å²) in [5.74, 6) is -1.37. The summed E-state index contributed by atoms with van der Waals surface area (Å²) in [6.45, 7) is 0. The fourth-order valence-electron chi connectivity index (χ4n) is 1.12. The average molecular weight is 242 g/mol. The molecule has 0 unspecified atom stereocenters. The Morgan fingerprint density at radius 3 is 2.62 bits per heavy atom. The first kappa shape index (κ1) is 10.8. The maximum absolute atomic E-state index is 13.2. The molecule has 0 bridgehead atoms. The normalized spacial score (nSPS) is 10.2. The number of aromatic nitrogens is 2. The predicted molar refractivity (Wildman–Crippen MR) is 56.7 cm³/mol. The number of nitrogens with zero attached hydrogens (tertiary/aromatic N) is 2. The van der Waals surface area contributed by atoms with Crippen LogP contribution in [0.1, 0.15) is 0 Å². The molecule has 1 aromatic heterocycles. The summed E-state index contributed by atoms with van der Waals surface area (Å²) in [6.07, 6.45) is 0.915. The maximum Gasteiger partial charge on any atom is 0.224 e. The van der Waals surface area contributed by atoms with Crippen LogP contribution in [-0.4, -0.2) is 9.97 Å². The third kappa shape index (κ3) is 2.25. The van der Waals surface area contributed by atoms with Crippen molar-refractivity contribution in [3.63, 3.8) is 0 Å². The number of hydrogen-bond donors (Lipinski definition) is 1. The lowest BCUT2D eigenvalue weighted by Crippen LogP contribution is -2.00. The smallest absolute Gasteiger partial charge is 0.224 e. The molecular formula is C10H6ClF2N3. The van der Waals surface area contributed by atoms with Crippen molar-refractivity contribution in [2.45, 2.75) is 0 Å². The van der Waals surface area contributed by atoms with Gasteiger partial charge in [-0.2, -0.15) is 4.98 Å². The van der Waals surface area contributed by atoms with Gasteiger partial charge in [-0.15, -0.1) is 0 Å². The number of halogens is 3. The highest BCUT2D eigenvalue weighted by Crippen LogP contribution is 2.20. The highest BCUT2D eigenvalue weighted by atomic mass is 35.5. The Morgan fingerprint density at radius 2 is 1.88 bits per heavy atom.